The Labute approximate surface area is 167 Å². The van der Waals surface area contributed by atoms with Crippen molar-refractivity contribution < 1.29 is 30.0 Å². The first kappa shape index (κ1) is 24.3. The minimum atomic E-state index is -0.968. The first-order valence-electron chi connectivity index (χ1n) is 9.98. The van der Waals surface area contributed by atoms with Crippen LogP contribution in [0.1, 0.15) is 51.9 Å². The molecule has 1 fully saturated rings. The molecular weight excluding hydrogens is 360 g/mol. The molecule has 0 amide bonds. The summed E-state index contributed by atoms with van der Waals surface area (Å²) in [5.41, 5.74) is 0. The standard InChI is InChI=1S/C22H34O6/c1-2-3-4-5-6-7-8-9-10-11-18(24)21-16-19(25)20(28-21)14-12-17(23)13-15-22(26)27/h3-4,6-7,9-10,12,14,17-21,23-25H,2,5,8,11,13,15-16H2,1H3,(H,26,27)/b4-3-,7-6-,10-9-,14-12+/t17-,18+,19+,20-,21+/m1/s1. The molecule has 28 heavy (non-hydrogen) atoms. The number of rotatable bonds is 13. The van der Waals surface area contributed by atoms with Gasteiger partial charge in [-0.15, -0.1) is 0 Å². The van der Waals surface area contributed by atoms with E-state index in [1.54, 1.807) is 0 Å². The summed E-state index contributed by atoms with van der Waals surface area (Å²) in [7, 11) is 0. The fourth-order valence-corrected chi connectivity index (χ4v) is 2.84. The van der Waals surface area contributed by atoms with E-state index < -0.39 is 36.5 Å². The van der Waals surface area contributed by atoms with Crippen LogP contribution < -0.4 is 0 Å². The Morgan fingerprint density at radius 1 is 1.11 bits per heavy atom. The Kier molecular flexibility index (Phi) is 12.4. The van der Waals surface area contributed by atoms with E-state index in [2.05, 4.69) is 31.2 Å². The molecule has 0 saturated carbocycles. The molecule has 0 aromatic carbocycles. The second kappa shape index (κ2) is 14.3. The molecular formula is C22H34O6. The quantitative estimate of drug-likeness (QED) is 0.358. The van der Waals surface area contributed by atoms with Crippen LogP contribution in [0.15, 0.2) is 48.6 Å². The number of ether oxygens (including phenoxy) is 1. The second-order valence-electron chi connectivity index (χ2n) is 6.92. The van der Waals surface area contributed by atoms with Crippen molar-refractivity contribution in [3.05, 3.63) is 48.6 Å². The Balaban J connectivity index is 2.31. The molecule has 1 aliphatic heterocycles. The fraction of sp³-hybridized carbons (Fsp3) is 0.591. The molecule has 158 valence electrons. The van der Waals surface area contributed by atoms with Gasteiger partial charge in [0.1, 0.15) is 6.10 Å². The lowest BCUT2D eigenvalue weighted by Gasteiger charge is -2.16. The summed E-state index contributed by atoms with van der Waals surface area (Å²) in [6, 6.07) is 0. The number of aliphatic hydroxyl groups is 3. The first-order valence-corrected chi connectivity index (χ1v) is 9.98. The number of hydrogen-bond acceptors (Lipinski definition) is 5. The highest BCUT2D eigenvalue weighted by Gasteiger charge is 2.35. The van der Waals surface area contributed by atoms with E-state index in [9.17, 15) is 20.1 Å². The lowest BCUT2D eigenvalue weighted by molar-refractivity contribution is -0.137. The van der Waals surface area contributed by atoms with E-state index in [1.807, 2.05) is 12.2 Å². The summed E-state index contributed by atoms with van der Waals surface area (Å²) in [4.78, 5) is 10.5. The van der Waals surface area contributed by atoms with Crippen molar-refractivity contribution >= 4 is 5.97 Å². The lowest BCUT2D eigenvalue weighted by Crippen LogP contribution is -2.25. The van der Waals surface area contributed by atoms with Gasteiger partial charge < -0.3 is 25.2 Å². The molecule has 6 nitrogen and oxygen atoms in total. The molecule has 0 unspecified atom stereocenters. The summed E-state index contributed by atoms with van der Waals surface area (Å²) >= 11 is 0. The van der Waals surface area contributed by atoms with E-state index in [4.69, 9.17) is 9.84 Å². The van der Waals surface area contributed by atoms with Crippen LogP contribution in [0.3, 0.4) is 0 Å². The number of aliphatic hydroxyl groups excluding tert-OH is 3. The highest BCUT2D eigenvalue weighted by Crippen LogP contribution is 2.25. The van der Waals surface area contributed by atoms with Gasteiger partial charge >= 0.3 is 5.97 Å². The summed E-state index contributed by atoms with van der Waals surface area (Å²) in [6.07, 6.45) is 15.4. The maximum absolute atomic E-state index is 10.5. The minimum Gasteiger partial charge on any atom is -0.481 e. The van der Waals surface area contributed by atoms with Crippen molar-refractivity contribution in [3.8, 4) is 0 Å². The molecule has 1 heterocycles. The van der Waals surface area contributed by atoms with E-state index in [1.165, 1.54) is 12.2 Å². The summed E-state index contributed by atoms with van der Waals surface area (Å²) in [5, 5.41) is 38.6. The molecule has 0 bridgehead atoms. The Morgan fingerprint density at radius 2 is 1.75 bits per heavy atom. The van der Waals surface area contributed by atoms with Crippen molar-refractivity contribution in [1.82, 2.24) is 0 Å². The minimum absolute atomic E-state index is 0.106. The normalized spacial score (nSPS) is 25.5. The number of aliphatic carboxylic acids is 1. The second-order valence-corrected chi connectivity index (χ2v) is 6.92. The van der Waals surface area contributed by atoms with Crippen molar-refractivity contribution in [2.24, 2.45) is 0 Å². The highest BCUT2D eigenvalue weighted by molar-refractivity contribution is 5.66. The summed E-state index contributed by atoms with van der Waals surface area (Å²) in [5.74, 6) is -0.968. The largest absolute Gasteiger partial charge is 0.481 e. The fourth-order valence-electron chi connectivity index (χ4n) is 2.84. The molecule has 1 aliphatic rings. The van der Waals surface area contributed by atoms with Gasteiger partial charge in [-0.3, -0.25) is 4.79 Å². The Morgan fingerprint density at radius 3 is 2.39 bits per heavy atom. The van der Waals surface area contributed by atoms with E-state index in [0.717, 1.165) is 19.3 Å². The van der Waals surface area contributed by atoms with Crippen LogP contribution in [-0.2, 0) is 9.53 Å². The molecule has 0 spiro atoms. The molecule has 0 radical (unpaired) electrons. The zero-order valence-corrected chi connectivity index (χ0v) is 16.6. The number of carbonyl (C=O) groups is 1. The van der Waals surface area contributed by atoms with Gasteiger partial charge in [0.25, 0.3) is 0 Å². The maximum atomic E-state index is 10.5. The van der Waals surface area contributed by atoms with Crippen molar-refractivity contribution in [3.63, 3.8) is 0 Å². The van der Waals surface area contributed by atoms with Crippen LogP contribution in [0.4, 0.5) is 0 Å². The molecule has 0 aromatic heterocycles. The predicted octanol–water partition coefficient (Wildman–Crippen LogP) is 2.90. The van der Waals surface area contributed by atoms with Gasteiger partial charge in [0.2, 0.25) is 0 Å². The molecule has 0 aliphatic carbocycles. The number of allylic oxidation sites excluding steroid dienone is 5. The van der Waals surface area contributed by atoms with Crippen LogP contribution in [0.5, 0.6) is 0 Å². The third kappa shape index (κ3) is 10.6. The third-order valence-electron chi connectivity index (χ3n) is 4.45. The Bertz CT molecular complexity index is 551. The summed E-state index contributed by atoms with van der Waals surface area (Å²) < 4.78 is 5.67. The third-order valence-corrected chi connectivity index (χ3v) is 4.45. The lowest BCUT2D eigenvalue weighted by atomic mass is 10.0. The molecule has 1 rings (SSSR count). The molecule has 0 aromatic rings. The SMILES string of the molecule is CC/C=C\C/C=C\C/C=C\C[C@H](O)[C@@H]1C[C@H](O)[C@@H](/C=C/[C@@H](O)CCC(=O)O)O1. The van der Waals surface area contributed by atoms with Crippen LogP contribution in [0, 0.1) is 0 Å². The van der Waals surface area contributed by atoms with Crippen molar-refractivity contribution in [2.75, 3.05) is 0 Å². The van der Waals surface area contributed by atoms with Gasteiger partial charge in [-0.25, -0.2) is 0 Å². The smallest absolute Gasteiger partial charge is 0.303 e. The van der Waals surface area contributed by atoms with Crippen LogP contribution in [0.2, 0.25) is 0 Å². The van der Waals surface area contributed by atoms with E-state index in [0.29, 0.717) is 12.8 Å². The number of carboxylic acids is 1. The Hall–Kier alpha value is -1.73. The molecule has 6 heteroatoms. The van der Waals surface area contributed by atoms with E-state index in [-0.39, 0.29) is 12.8 Å². The average molecular weight is 395 g/mol. The zero-order valence-electron chi connectivity index (χ0n) is 16.6. The van der Waals surface area contributed by atoms with Gasteiger partial charge in [-0.2, -0.15) is 0 Å². The highest BCUT2D eigenvalue weighted by atomic mass is 16.5. The first-order chi connectivity index (χ1) is 13.4. The monoisotopic (exact) mass is 394 g/mol. The summed E-state index contributed by atoms with van der Waals surface area (Å²) in [6.45, 7) is 2.10. The van der Waals surface area contributed by atoms with Crippen molar-refractivity contribution in [2.45, 2.75) is 82.4 Å². The average Bonchev–Trinajstić information content (AvgIpc) is 3.04. The van der Waals surface area contributed by atoms with Gasteiger partial charge in [0, 0.05) is 12.8 Å². The molecule has 5 atom stereocenters. The van der Waals surface area contributed by atoms with Crippen LogP contribution in [-0.4, -0.2) is 56.9 Å². The predicted molar refractivity (Wildman–Crippen MR) is 109 cm³/mol. The number of carboxylic acid groups (broad SMARTS) is 1. The topological polar surface area (TPSA) is 107 Å². The van der Waals surface area contributed by atoms with Gasteiger partial charge in [0.05, 0.1) is 24.4 Å². The van der Waals surface area contributed by atoms with Crippen LogP contribution >= 0.6 is 0 Å². The van der Waals surface area contributed by atoms with Crippen LogP contribution in [0.25, 0.3) is 0 Å². The van der Waals surface area contributed by atoms with Crippen molar-refractivity contribution in [1.29, 1.82) is 0 Å². The molecule has 1 saturated heterocycles. The zero-order chi connectivity index (χ0) is 20.8. The number of hydrogen-bond donors (Lipinski definition) is 4. The maximum Gasteiger partial charge on any atom is 0.303 e. The molecule has 4 N–H and O–H groups in total. The van der Waals surface area contributed by atoms with Gasteiger partial charge in [0.15, 0.2) is 0 Å². The van der Waals surface area contributed by atoms with Gasteiger partial charge in [-0.1, -0.05) is 55.5 Å². The van der Waals surface area contributed by atoms with E-state index >= 15 is 0 Å². The van der Waals surface area contributed by atoms with Gasteiger partial charge in [-0.05, 0) is 32.1 Å².